The lowest BCUT2D eigenvalue weighted by Gasteiger charge is -2.35. The lowest BCUT2D eigenvalue weighted by molar-refractivity contribution is -0.134. The monoisotopic (exact) mass is 443 g/mol. The molecule has 0 unspecified atom stereocenters. The molecule has 8 nitrogen and oxygen atoms in total. The van der Waals surface area contributed by atoms with Crippen LogP contribution in [0.25, 0.3) is 0 Å². The van der Waals surface area contributed by atoms with Crippen molar-refractivity contribution in [3.8, 4) is 0 Å². The third-order valence-corrected chi connectivity index (χ3v) is 5.95. The van der Waals surface area contributed by atoms with Crippen LogP contribution in [0.4, 0.5) is 10.5 Å². The minimum absolute atomic E-state index is 0.0541. The van der Waals surface area contributed by atoms with Crippen molar-refractivity contribution in [2.75, 3.05) is 11.6 Å². The summed E-state index contributed by atoms with van der Waals surface area (Å²) in [5, 5.41) is 5.94. The number of nitrogens with zero attached hydrogens (tertiary/aromatic N) is 3. The first-order valence-corrected chi connectivity index (χ1v) is 10.7. The second kappa shape index (κ2) is 8.05. The van der Waals surface area contributed by atoms with Crippen molar-refractivity contribution in [2.24, 2.45) is 5.10 Å². The molecule has 1 saturated heterocycles. The molecule has 0 N–H and O–H groups in total. The van der Waals surface area contributed by atoms with Gasteiger partial charge in [-0.25, -0.2) is 9.69 Å². The number of imide groups is 1. The van der Waals surface area contributed by atoms with Crippen molar-refractivity contribution < 1.29 is 23.5 Å². The highest BCUT2D eigenvalue weighted by Gasteiger charge is 2.69. The number of likely N-dealkylation sites (tertiary alicyclic amines) is 1. The maximum absolute atomic E-state index is 14.3. The van der Waals surface area contributed by atoms with Gasteiger partial charge in [-0.3, -0.25) is 9.59 Å². The zero-order chi connectivity index (χ0) is 23.0. The van der Waals surface area contributed by atoms with E-state index in [1.807, 2.05) is 24.3 Å². The second-order valence-corrected chi connectivity index (χ2v) is 7.73. The fourth-order valence-electron chi connectivity index (χ4n) is 4.61. The van der Waals surface area contributed by atoms with E-state index in [1.54, 1.807) is 55.5 Å². The molecule has 1 aromatic heterocycles. The van der Waals surface area contributed by atoms with Crippen LogP contribution >= 0.6 is 0 Å². The number of benzene rings is 2. The Morgan fingerprint density at radius 1 is 1.06 bits per heavy atom. The minimum Gasteiger partial charge on any atom is -0.469 e. The van der Waals surface area contributed by atoms with Crippen LogP contribution in [0, 0.1) is 0 Å². The van der Waals surface area contributed by atoms with Crippen LogP contribution in [-0.2, 0) is 14.3 Å². The maximum atomic E-state index is 14.3. The molecular formula is C25H21N3O5. The van der Waals surface area contributed by atoms with Crippen LogP contribution in [0.2, 0.25) is 0 Å². The lowest BCUT2D eigenvalue weighted by atomic mass is 9.76. The van der Waals surface area contributed by atoms with Gasteiger partial charge in [-0.15, -0.1) is 0 Å². The summed E-state index contributed by atoms with van der Waals surface area (Å²) in [5.41, 5.74) is -0.325. The molecule has 0 saturated carbocycles. The van der Waals surface area contributed by atoms with Gasteiger partial charge in [0, 0.05) is 12.0 Å². The average Bonchev–Trinajstić information content (AvgIpc) is 3.54. The molecule has 3 aromatic rings. The first-order chi connectivity index (χ1) is 16.1. The minimum atomic E-state index is -1.75. The Morgan fingerprint density at radius 2 is 1.76 bits per heavy atom. The number of anilines is 1. The summed E-state index contributed by atoms with van der Waals surface area (Å²) in [5.74, 6) is -1.40. The van der Waals surface area contributed by atoms with Gasteiger partial charge in [-0.2, -0.15) is 10.1 Å². The van der Waals surface area contributed by atoms with Crippen molar-refractivity contribution in [3.63, 3.8) is 0 Å². The highest BCUT2D eigenvalue weighted by molar-refractivity contribution is 6.33. The van der Waals surface area contributed by atoms with E-state index in [2.05, 4.69) is 5.10 Å². The van der Waals surface area contributed by atoms with Crippen LogP contribution in [0.15, 0.2) is 88.6 Å². The summed E-state index contributed by atoms with van der Waals surface area (Å²) in [6, 6.07) is 21.4. The second-order valence-electron chi connectivity index (χ2n) is 7.73. The summed E-state index contributed by atoms with van der Waals surface area (Å²) >= 11 is 0. The number of hydrogen-bond donors (Lipinski definition) is 0. The molecule has 5 rings (SSSR count). The molecule has 1 spiro atoms. The third-order valence-electron chi connectivity index (χ3n) is 5.95. The van der Waals surface area contributed by atoms with Crippen LogP contribution in [0.3, 0.4) is 0 Å². The van der Waals surface area contributed by atoms with E-state index in [0.29, 0.717) is 17.0 Å². The Kier molecular flexibility index (Phi) is 5.05. The fourth-order valence-corrected chi connectivity index (χ4v) is 4.61. The third kappa shape index (κ3) is 3.06. The molecule has 8 heteroatoms. The smallest absolute Gasteiger partial charge is 0.417 e. The molecular weight excluding hydrogens is 422 g/mol. The zero-order valence-corrected chi connectivity index (χ0v) is 17.9. The van der Waals surface area contributed by atoms with Gasteiger partial charge >= 0.3 is 6.09 Å². The number of amides is 3. The molecule has 0 bridgehead atoms. The van der Waals surface area contributed by atoms with Gasteiger partial charge in [0.25, 0.3) is 5.91 Å². The molecule has 3 amide bonds. The summed E-state index contributed by atoms with van der Waals surface area (Å²) in [6.45, 7) is 1.70. The van der Waals surface area contributed by atoms with Gasteiger partial charge in [0.15, 0.2) is 5.54 Å². The van der Waals surface area contributed by atoms with Gasteiger partial charge in [-0.05, 0) is 31.2 Å². The van der Waals surface area contributed by atoms with Crippen molar-refractivity contribution >= 4 is 29.3 Å². The molecule has 33 heavy (non-hydrogen) atoms. The number of rotatable bonds is 4. The van der Waals surface area contributed by atoms with Crippen molar-refractivity contribution in [1.82, 2.24) is 4.90 Å². The zero-order valence-electron chi connectivity index (χ0n) is 17.9. The SMILES string of the molecule is CCOC(=O)N1C(=O)C[C@@H](c2ccco2)[C@@]12C(=O)N(c1ccccc1)N=C2c1ccccc1. The number of hydrazone groups is 1. The van der Waals surface area contributed by atoms with E-state index >= 15 is 0 Å². The van der Waals surface area contributed by atoms with Crippen LogP contribution in [-0.4, -0.2) is 40.7 Å². The first kappa shape index (κ1) is 20.7. The van der Waals surface area contributed by atoms with Crippen LogP contribution in [0.1, 0.15) is 30.6 Å². The summed E-state index contributed by atoms with van der Waals surface area (Å²) in [7, 11) is 0. The molecule has 3 heterocycles. The van der Waals surface area contributed by atoms with Gasteiger partial charge in [-0.1, -0.05) is 48.5 Å². The number of carbonyl (C=O) groups is 3. The number of ether oxygens (including phenoxy) is 1. The molecule has 1 fully saturated rings. The Morgan fingerprint density at radius 3 is 2.39 bits per heavy atom. The number of furan rings is 1. The Balaban J connectivity index is 1.78. The predicted molar refractivity (Wildman–Crippen MR) is 120 cm³/mol. The quantitative estimate of drug-likeness (QED) is 0.609. The summed E-state index contributed by atoms with van der Waals surface area (Å²) < 4.78 is 10.9. The summed E-state index contributed by atoms with van der Waals surface area (Å²) in [6.07, 6.45) is 0.490. The molecule has 2 aliphatic heterocycles. The maximum Gasteiger partial charge on any atom is 0.417 e. The van der Waals surface area contributed by atoms with Gasteiger partial charge in [0.05, 0.1) is 24.5 Å². The molecule has 2 aliphatic rings. The topological polar surface area (TPSA) is 92.4 Å². The fraction of sp³-hybridized carbons (Fsp3) is 0.200. The van der Waals surface area contributed by atoms with E-state index in [0.717, 1.165) is 4.90 Å². The average molecular weight is 443 g/mol. The van der Waals surface area contributed by atoms with Gasteiger partial charge in [0.2, 0.25) is 5.91 Å². The number of hydrogen-bond acceptors (Lipinski definition) is 6. The first-order valence-electron chi connectivity index (χ1n) is 10.7. The number of para-hydroxylation sites is 1. The van der Waals surface area contributed by atoms with Crippen molar-refractivity contribution in [3.05, 3.63) is 90.4 Å². The van der Waals surface area contributed by atoms with Gasteiger partial charge < -0.3 is 9.15 Å². The highest BCUT2D eigenvalue weighted by atomic mass is 16.6. The molecule has 0 aliphatic carbocycles. The standard InChI is InChI=1S/C25H21N3O5/c1-2-32-24(31)27-21(29)16-19(20-14-9-15-33-20)25(27)22(17-10-5-3-6-11-17)26-28(23(25)30)18-12-7-4-8-13-18/h3-15,19H,2,16H2,1H3/t19-,25+/m0/s1. The lowest BCUT2D eigenvalue weighted by Crippen LogP contribution is -2.62. The van der Waals surface area contributed by atoms with Crippen LogP contribution in [0.5, 0.6) is 0 Å². The van der Waals surface area contributed by atoms with Crippen molar-refractivity contribution in [1.29, 1.82) is 0 Å². The Bertz CT molecular complexity index is 1220. The summed E-state index contributed by atoms with van der Waals surface area (Å²) in [4.78, 5) is 41.6. The predicted octanol–water partition coefficient (Wildman–Crippen LogP) is 3.94. The molecule has 166 valence electrons. The largest absolute Gasteiger partial charge is 0.469 e. The van der Waals surface area contributed by atoms with Crippen molar-refractivity contribution in [2.45, 2.75) is 24.8 Å². The Hall–Kier alpha value is -4.20. The normalized spacial score (nSPS) is 22.2. The van der Waals surface area contributed by atoms with E-state index in [4.69, 9.17) is 9.15 Å². The van der Waals surface area contributed by atoms with Crippen LogP contribution < -0.4 is 5.01 Å². The molecule has 2 aromatic carbocycles. The van der Waals surface area contributed by atoms with E-state index in [-0.39, 0.29) is 18.7 Å². The molecule has 2 atom stereocenters. The Labute approximate surface area is 190 Å². The number of carbonyl (C=O) groups excluding carboxylic acids is 3. The molecule has 0 radical (unpaired) electrons. The van der Waals surface area contributed by atoms with Gasteiger partial charge in [0.1, 0.15) is 11.5 Å². The van der Waals surface area contributed by atoms with E-state index in [1.165, 1.54) is 11.3 Å². The van der Waals surface area contributed by atoms with E-state index in [9.17, 15) is 14.4 Å². The highest BCUT2D eigenvalue weighted by Crippen LogP contribution is 2.50. The van der Waals surface area contributed by atoms with E-state index < -0.39 is 29.4 Å².